The molecule has 1 fully saturated rings. The summed E-state index contributed by atoms with van der Waals surface area (Å²) in [5.74, 6) is 0.836. The van der Waals surface area contributed by atoms with Crippen LogP contribution in [0.2, 0.25) is 0 Å². The highest BCUT2D eigenvalue weighted by Crippen LogP contribution is 2.31. The molecular formula is C26H26N4O2. The zero-order valence-corrected chi connectivity index (χ0v) is 17.9. The molecule has 6 nitrogen and oxygen atoms in total. The molecular weight excluding hydrogens is 400 g/mol. The first-order chi connectivity index (χ1) is 15.9. The molecule has 2 heterocycles. The molecule has 0 unspecified atom stereocenters. The molecule has 3 aromatic carbocycles. The molecule has 1 atom stereocenters. The lowest BCUT2D eigenvalue weighted by atomic mass is 10.1. The second-order valence-corrected chi connectivity index (χ2v) is 7.69. The van der Waals surface area contributed by atoms with E-state index in [1.165, 1.54) is 0 Å². The minimum Gasteiger partial charge on any atom is -0.489 e. The fourth-order valence-electron chi connectivity index (χ4n) is 3.99. The highest BCUT2D eigenvalue weighted by molar-refractivity contribution is 5.73. The van der Waals surface area contributed by atoms with Crippen LogP contribution in [0, 0.1) is 0 Å². The molecule has 1 aliphatic heterocycles. The van der Waals surface area contributed by atoms with E-state index in [0.717, 1.165) is 41.0 Å². The van der Waals surface area contributed by atoms with Crippen LogP contribution in [0.4, 0.5) is 0 Å². The van der Waals surface area contributed by atoms with E-state index in [0.29, 0.717) is 19.8 Å². The monoisotopic (exact) mass is 426 g/mol. The molecule has 1 aromatic heterocycles. The predicted octanol–water partition coefficient (Wildman–Crippen LogP) is 4.40. The first-order valence-electron chi connectivity index (χ1n) is 11.0. The Bertz CT molecular complexity index is 1150. The van der Waals surface area contributed by atoms with Gasteiger partial charge in [0.25, 0.3) is 0 Å². The predicted molar refractivity (Wildman–Crippen MR) is 125 cm³/mol. The number of nitrogens with zero attached hydrogens (tertiary/aromatic N) is 4. The van der Waals surface area contributed by atoms with Crippen molar-refractivity contribution < 1.29 is 9.47 Å². The average molecular weight is 427 g/mol. The summed E-state index contributed by atoms with van der Waals surface area (Å²) >= 11 is 0. The SMILES string of the molecule is C(=C/c1ccccc1)/COc1ccccc1[C@@H](N1CCOCC1)n1nc2ccccc2n1. The van der Waals surface area contributed by atoms with Crippen molar-refractivity contribution in [3.63, 3.8) is 0 Å². The third-order valence-electron chi connectivity index (χ3n) is 5.55. The molecule has 6 heteroatoms. The van der Waals surface area contributed by atoms with Gasteiger partial charge < -0.3 is 9.47 Å². The summed E-state index contributed by atoms with van der Waals surface area (Å²) in [6, 6.07) is 26.4. The van der Waals surface area contributed by atoms with E-state index in [1.807, 2.05) is 71.5 Å². The van der Waals surface area contributed by atoms with Crippen LogP contribution in [-0.2, 0) is 4.74 Å². The zero-order valence-electron chi connectivity index (χ0n) is 17.9. The lowest BCUT2D eigenvalue weighted by Gasteiger charge is -2.34. The van der Waals surface area contributed by atoms with Crippen LogP contribution in [0.5, 0.6) is 5.75 Å². The molecule has 0 aliphatic carbocycles. The van der Waals surface area contributed by atoms with Crippen molar-refractivity contribution >= 4 is 17.1 Å². The van der Waals surface area contributed by atoms with E-state index in [9.17, 15) is 0 Å². The Balaban J connectivity index is 1.44. The largest absolute Gasteiger partial charge is 0.489 e. The van der Waals surface area contributed by atoms with Gasteiger partial charge in [-0.25, -0.2) is 0 Å². The minimum atomic E-state index is -0.166. The molecule has 0 spiro atoms. The van der Waals surface area contributed by atoms with Crippen molar-refractivity contribution in [3.8, 4) is 5.75 Å². The first kappa shape index (κ1) is 20.4. The van der Waals surface area contributed by atoms with Crippen LogP contribution >= 0.6 is 0 Å². The zero-order chi connectivity index (χ0) is 21.6. The third-order valence-corrected chi connectivity index (χ3v) is 5.55. The van der Waals surface area contributed by atoms with Gasteiger partial charge in [0.2, 0.25) is 0 Å². The van der Waals surface area contributed by atoms with Crippen LogP contribution in [0.25, 0.3) is 17.1 Å². The summed E-state index contributed by atoms with van der Waals surface area (Å²) in [6.45, 7) is 3.49. The highest BCUT2D eigenvalue weighted by atomic mass is 16.5. The highest BCUT2D eigenvalue weighted by Gasteiger charge is 2.28. The maximum atomic E-state index is 6.21. The number of morpholine rings is 1. The topological polar surface area (TPSA) is 52.4 Å². The van der Waals surface area contributed by atoms with Crippen LogP contribution in [0.3, 0.4) is 0 Å². The van der Waals surface area contributed by atoms with Crippen molar-refractivity contribution in [2.24, 2.45) is 0 Å². The summed E-state index contributed by atoms with van der Waals surface area (Å²) in [6.07, 6.45) is 3.95. The quantitative estimate of drug-likeness (QED) is 0.438. The molecule has 0 amide bonds. The van der Waals surface area contributed by atoms with Crippen molar-refractivity contribution in [1.82, 2.24) is 19.9 Å². The molecule has 4 aromatic rings. The number of benzene rings is 3. The fourth-order valence-corrected chi connectivity index (χ4v) is 3.99. The van der Waals surface area contributed by atoms with Gasteiger partial charge in [0, 0.05) is 18.7 Å². The number of para-hydroxylation sites is 1. The number of ether oxygens (including phenoxy) is 2. The molecule has 0 bridgehead atoms. The summed E-state index contributed by atoms with van der Waals surface area (Å²) in [5.41, 5.74) is 3.97. The molecule has 32 heavy (non-hydrogen) atoms. The molecule has 5 rings (SSSR count). The number of hydrogen-bond donors (Lipinski definition) is 0. The van der Waals surface area contributed by atoms with Gasteiger partial charge in [0.05, 0.1) is 13.2 Å². The number of aromatic nitrogens is 3. The molecule has 1 aliphatic rings. The van der Waals surface area contributed by atoms with E-state index in [4.69, 9.17) is 19.7 Å². The number of rotatable bonds is 7. The Morgan fingerprint density at radius 3 is 2.25 bits per heavy atom. The Hall–Kier alpha value is -3.48. The molecule has 0 radical (unpaired) electrons. The van der Waals surface area contributed by atoms with Crippen molar-refractivity contribution in [2.75, 3.05) is 32.9 Å². The number of fused-ring (bicyclic) bond motifs is 1. The summed E-state index contributed by atoms with van der Waals surface area (Å²) in [4.78, 5) is 4.17. The van der Waals surface area contributed by atoms with Crippen molar-refractivity contribution in [3.05, 3.63) is 96.1 Å². The van der Waals surface area contributed by atoms with E-state index >= 15 is 0 Å². The maximum Gasteiger partial charge on any atom is 0.153 e. The van der Waals surface area contributed by atoms with Crippen molar-refractivity contribution in [2.45, 2.75) is 6.17 Å². The van der Waals surface area contributed by atoms with Crippen LogP contribution < -0.4 is 4.74 Å². The van der Waals surface area contributed by atoms with E-state index in [-0.39, 0.29) is 6.17 Å². The smallest absolute Gasteiger partial charge is 0.153 e. The lowest BCUT2D eigenvalue weighted by Crippen LogP contribution is -2.42. The Morgan fingerprint density at radius 2 is 1.50 bits per heavy atom. The first-order valence-corrected chi connectivity index (χ1v) is 11.0. The second-order valence-electron chi connectivity index (χ2n) is 7.69. The van der Waals surface area contributed by atoms with E-state index < -0.39 is 0 Å². The molecule has 0 saturated carbocycles. The van der Waals surface area contributed by atoms with Gasteiger partial charge in [-0.15, -0.1) is 0 Å². The van der Waals surface area contributed by atoms with Crippen LogP contribution in [0.1, 0.15) is 17.3 Å². The third kappa shape index (κ3) is 4.56. The summed E-state index contributed by atoms with van der Waals surface area (Å²) in [7, 11) is 0. The van der Waals surface area contributed by atoms with Gasteiger partial charge in [-0.3, -0.25) is 4.90 Å². The fraction of sp³-hybridized carbons (Fsp3) is 0.231. The molecule has 162 valence electrons. The summed E-state index contributed by atoms with van der Waals surface area (Å²) < 4.78 is 11.8. The van der Waals surface area contributed by atoms with Crippen LogP contribution in [0.15, 0.2) is 84.9 Å². The van der Waals surface area contributed by atoms with Gasteiger partial charge in [0.15, 0.2) is 6.17 Å². The minimum absolute atomic E-state index is 0.166. The Kier molecular flexibility index (Phi) is 6.23. The van der Waals surface area contributed by atoms with Gasteiger partial charge >= 0.3 is 0 Å². The van der Waals surface area contributed by atoms with E-state index in [1.54, 1.807) is 0 Å². The Labute approximate surface area is 187 Å². The van der Waals surface area contributed by atoms with E-state index in [2.05, 4.69) is 29.2 Å². The average Bonchev–Trinajstić information content (AvgIpc) is 3.28. The van der Waals surface area contributed by atoms with Crippen LogP contribution in [-0.4, -0.2) is 52.8 Å². The van der Waals surface area contributed by atoms with Crippen molar-refractivity contribution in [1.29, 1.82) is 0 Å². The van der Waals surface area contributed by atoms with Gasteiger partial charge in [0.1, 0.15) is 23.4 Å². The number of hydrogen-bond acceptors (Lipinski definition) is 5. The van der Waals surface area contributed by atoms with Gasteiger partial charge in [-0.2, -0.15) is 15.0 Å². The normalized spacial score (nSPS) is 15.9. The van der Waals surface area contributed by atoms with Gasteiger partial charge in [-0.05, 0) is 29.8 Å². The van der Waals surface area contributed by atoms with Gasteiger partial charge in [-0.1, -0.05) is 66.7 Å². The second kappa shape index (κ2) is 9.77. The summed E-state index contributed by atoms with van der Waals surface area (Å²) in [5, 5.41) is 9.59. The lowest BCUT2D eigenvalue weighted by molar-refractivity contribution is 0.00263. The molecule has 1 saturated heterocycles. The maximum absolute atomic E-state index is 6.21. The standard InChI is InChI=1S/C26H26N4O2/c1-2-9-21(10-3-1)11-8-18-32-25-15-7-4-12-22(25)26(29-16-19-31-20-17-29)30-27-23-13-5-6-14-24(23)28-30/h1-15,26H,16-20H2/b11-8-/t26-/m0/s1. The Morgan fingerprint density at radius 1 is 0.844 bits per heavy atom. The molecule has 0 N–H and O–H groups in total.